The molecule has 0 unspecified atom stereocenters. The molecule has 0 saturated carbocycles. The average Bonchev–Trinajstić information content (AvgIpc) is 3.45. The highest BCUT2D eigenvalue weighted by molar-refractivity contribution is 7.13. The lowest BCUT2D eigenvalue weighted by Gasteiger charge is -2.11. The van der Waals surface area contributed by atoms with Gasteiger partial charge in [0.05, 0.1) is 18.4 Å². The van der Waals surface area contributed by atoms with Crippen molar-refractivity contribution < 1.29 is 35.8 Å². The van der Waals surface area contributed by atoms with E-state index >= 15 is 0 Å². The molecule has 0 aliphatic heterocycles. The lowest BCUT2D eigenvalue weighted by Crippen LogP contribution is -2.09. The van der Waals surface area contributed by atoms with Gasteiger partial charge in [-0.3, -0.25) is 5.10 Å². The van der Waals surface area contributed by atoms with E-state index in [0.717, 1.165) is 5.38 Å². The fraction of sp³-hybridized carbons (Fsp3) is 0.238. The van der Waals surface area contributed by atoms with Crippen molar-refractivity contribution in [2.45, 2.75) is 25.9 Å². The maximum absolute atomic E-state index is 13.5. The summed E-state index contributed by atoms with van der Waals surface area (Å²) in [7, 11) is 1.51. The van der Waals surface area contributed by atoms with E-state index in [0.29, 0.717) is 22.6 Å². The van der Waals surface area contributed by atoms with Crippen LogP contribution in [0.25, 0.3) is 22.1 Å². The van der Waals surface area contributed by atoms with Gasteiger partial charge in [0.1, 0.15) is 12.4 Å². The number of alkyl halides is 6. The molecule has 4 aromatic rings. The molecule has 0 radical (unpaired) electrons. The third-order valence-electron chi connectivity index (χ3n) is 4.71. The molecule has 7 nitrogen and oxygen atoms in total. The SMILES string of the molecule is COc1ccc(COc2cc(-c3c(C(F)(F)F)n[nH]c3C)nc(-c3nc(C(F)(F)F)cs3)n2)cc1. The fourth-order valence-corrected chi connectivity index (χ4v) is 3.81. The van der Waals surface area contributed by atoms with E-state index in [4.69, 9.17) is 9.47 Å². The predicted octanol–water partition coefficient (Wildman–Crippen LogP) is 5.92. The molecular weight excluding hydrogens is 500 g/mol. The molecule has 0 aliphatic rings. The number of nitrogens with zero attached hydrogens (tertiary/aromatic N) is 4. The van der Waals surface area contributed by atoms with Gasteiger partial charge in [0.25, 0.3) is 0 Å². The Morgan fingerprint density at radius 3 is 2.29 bits per heavy atom. The standard InChI is InChI=1S/C21H15F6N5O2S/c1-10-16(17(32-31-10)21(25,26)27)13-7-15(34-8-11-3-5-12(33-2)6-4-11)30-18(28-13)19-29-14(9-35-19)20(22,23)24/h3-7,9H,8H2,1-2H3,(H,31,32). The molecule has 3 heterocycles. The second-order valence-corrected chi connectivity index (χ2v) is 8.02. The predicted molar refractivity (Wildman–Crippen MR) is 113 cm³/mol. The van der Waals surface area contributed by atoms with Gasteiger partial charge in [-0.2, -0.15) is 36.4 Å². The first-order valence-corrected chi connectivity index (χ1v) is 10.6. The molecular formula is C21H15F6N5O2S. The van der Waals surface area contributed by atoms with Gasteiger partial charge >= 0.3 is 12.4 Å². The topological polar surface area (TPSA) is 85.8 Å². The number of methoxy groups -OCH3 is 1. The molecule has 14 heteroatoms. The minimum Gasteiger partial charge on any atom is -0.497 e. The number of halogens is 6. The van der Waals surface area contributed by atoms with Crippen LogP contribution in [0.3, 0.4) is 0 Å². The van der Waals surface area contributed by atoms with Crippen molar-refractivity contribution in [1.29, 1.82) is 0 Å². The maximum atomic E-state index is 13.5. The first-order chi connectivity index (χ1) is 16.5. The highest BCUT2D eigenvalue weighted by atomic mass is 32.1. The van der Waals surface area contributed by atoms with Gasteiger partial charge in [-0.15, -0.1) is 11.3 Å². The zero-order valence-electron chi connectivity index (χ0n) is 18.0. The highest BCUT2D eigenvalue weighted by Gasteiger charge is 2.39. The van der Waals surface area contributed by atoms with Crippen molar-refractivity contribution in [2.75, 3.05) is 7.11 Å². The Bertz CT molecular complexity index is 1330. The minimum atomic E-state index is -4.81. The number of thiazole rings is 1. The highest BCUT2D eigenvalue weighted by Crippen LogP contribution is 2.39. The maximum Gasteiger partial charge on any atom is 0.435 e. The van der Waals surface area contributed by atoms with E-state index in [1.165, 1.54) is 20.1 Å². The number of rotatable bonds is 6. The lowest BCUT2D eigenvalue weighted by molar-refractivity contribution is -0.141. The van der Waals surface area contributed by atoms with Crippen LogP contribution in [0.2, 0.25) is 0 Å². The number of aromatic nitrogens is 5. The summed E-state index contributed by atoms with van der Waals surface area (Å²) >= 11 is 0.605. The molecule has 0 fully saturated rings. The molecule has 4 rings (SSSR count). The van der Waals surface area contributed by atoms with Crippen LogP contribution in [0.4, 0.5) is 26.3 Å². The Hall–Kier alpha value is -3.68. The Morgan fingerprint density at radius 2 is 1.69 bits per heavy atom. The van der Waals surface area contributed by atoms with E-state index < -0.39 is 23.7 Å². The molecule has 0 spiro atoms. The van der Waals surface area contributed by atoms with Gasteiger partial charge < -0.3 is 9.47 Å². The Morgan fingerprint density at radius 1 is 0.971 bits per heavy atom. The molecule has 3 aromatic heterocycles. The van der Waals surface area contributed by atoms with Crippen LogP contribution in [0.1, 0.15) is 22.6 Å². The summed E-state index contributed by atoms with van der Waals surface area (Å²) in [6, 6.07) is 7.96. The number of hydrogen-bond donors (Lipinski definition) is 1. The summed E-state index contributed by atoms with van der Waals surface area (Å²) in [5.74, 6) is 0.138. The van der Waals surface area contributed by atoms with Crippen LogP contribution < -0.4 is 9.47 Å². The van der Waals surface area contributed by atoms with Gasteiger partial charge in [-0.05, 0) is 24.6 Å². The second-order valence-electron chi connectivity index (χ2n) is 7.16. The number of aryl methyl sites for hydroxylation is 1. The van der Waals surface area contributed by atoms with E-state index in [1.807, 2.05) is 0 Å². The smallest absolute Gasteiger partial charge is 0.435 e. The van der Waals surface area contributed by atoms with Crippen LogP contribution in [0.15, 0.2) is 35.7 Å². The van der Waals surface area contributed by atoms with Gasteiger partial charge in [-0.25, -0.2) is 9.97 Å². The summed E-state index contributed by atoms with van der Waals surface area (Å²) in [6.07, 6.45) is -9.51. The van der Waals surface area contributed by atoms with Gasteiger partial charge in [0.15, 0.2) is 22.2 Å². The summed E-state index contributed by atoms with van der Waals surface area (Å²) in [6.45, 7) is 1.34. The molecule has 0 aliphatic carbocycles. The zero-order chi connectivity index (χ0) is 25.4. The first kappa shape index (κ1) is 24.4. The first-order valence-electron chi connectivity index (χ1n) is 9.76. The van der Waals surface area contributed by atoms with Gasteiger partial charge in [0.2, 0.25) is 5.88 Å². The minimum absolute atomic E-state index is 0.0257. The van der Waals surface area contributed by atoms with Crippen LogP contribution in [-0.2, 0) is 19.0 Å². The van der Waals surface area contributed by atoms with Crippen molar-refractivity contribution in [2.24, 2.45) is 0 Å². The molecule has 1 aromatic carbocycles. The quantitative estimate of drug-likeness (QED) is 0.321. The Kier molecular flexibility index (Phi) is 6.40. The third-order valence-corrected chi connectivity index (χ3v) is 5.54. The van der Waals surface area contributed by atoms with E-state index in [9.17, 15) is 26.3 Å². The fourth-order valence-electron chi connectivity index (χ4n) is 3.06. The van der Waals surface area contributed by atoms with Crippen molar-refractivity contribution >= 4 is 11.3 Å². The summed E-state index contributed by atoms with van der Waals surface area (Å²) in [5.41, 5.74) is -2.25. The average molecular weight is 515 g/mol. The van der Waals surface area contributed by atoms with E-state index in [2.05, 4.69) is 25.1 Å². The lowest BCUT2D eigenvalue weighted by atomic mass is 10.1. The molecule has 0 bridgehead atoms. The van der Waals surface area contributed by atoms with Crippen molar-refractivity contribution in [3.63, 3.8) is 0 Å². The molecule has 0 saturated heterocycles. The zero-order valence-corrected chi connectivity index (χ0v) is 18.8. The van der Waals surface area contributed by atoms with Gasteiger partial charge in [-0.1, -0.05) is 12.1 Å². The van der Waals surface area contributed by atoms with Crippen molar-refractivity contribution in [3.8, 4) is 33.7 Å². The van der Waals surface area contributed by atoms with Crippen molar-refractivity contribution in [3.05, 3.63) is 58.4 Å². The van der Waals surface area contributed by atoms with Crippen LogP contribution >= 0.6 is 11.3 Å². The number of ether oxygens (including phenoxy) is 2. The number of aromatic amines is 1. The summed E-state index contributed by atoms with van der Waals surface area (Å²) in [4.78, 5) is 11.7. The molecule has 35 heavy (non-hydrogen) atoms. The second kappa shape index (κ2) is 9.17. The Labute approximate surface area is 197 Å². The van der Waals surface area contributed by atoms with Crippen molar-refractivity contribution in [1.82, 2.24) is 25.1 Å². The molecule has 184 valence electrons. The number of H-pyrrole nitrogens is 1. The normalized spacial score (nSPS) is 12.1. The largest absolute Gasteiger partial charge is 0.497 e. The number of nitrogens with one attached hydrogen (secondary N) is 1. The summed E-state index contributed by atoms with van der Waals surface area (Å²) in [5, 5.41) is 6.12. The van der Waals surface area contributed by atoms with Crippen LogP contribution in [0.5, 0.6) is 11.6 Å². The van der Waals surface area contributed by atoms with Crippen LogP contribution in [-0.4, -0.2) is 32.3 Å². The Balaban J connectivity index is 1.77. The van der Waals surface area contributed by atoms with E-state index in [1.54, 1.807) is 24.3 Å². The molecule has 1 N–H and O–H groups in total. The number of benzene rings is 1. The summed E-state index contributed by atoms with van der Waals surface area (Å²) < 4.78 is 90.4. The molecule has 0 atom stereocenters. The van der Waals surface area contributed by atoms with Crippen LogP contribution in [0, 0.1) is 6.92 Å². The van der Waals surface area contributed by atoms with Gasteiger partial charge in [0, 0.05) is 17.1 Å². The molecule has 0 amide bonds. The monoisotopic (exact) mass is 515 g/mol. The third kappa shape index (κ3) is 5.37. The van der Waals surface area contributed by atoms with E-state index in [-0.39, 0.29) is 40.3 Å². The number of hydrogen-bond acceptors (Lipinski definition) is 7.